The molecule has 0 aromatic heterocycles. The SMILES string of the molecule is CC(=O)Oc1cc2c(cc1C(C)C)CC[C@H]1[C@](C)(CO)CCC[C@]21C. The largest absolute Gasteiger partial charge is 0.426 e. The van der Waals surface area contributed by atoms with Crippen LogP contribution in [0.25, 0.3) is 0 Å². The van der Waals surface area contributed by atoms with Crippen molar-refractivity contribution in [1.29, 1.82) is 0 Å². The van der Waals surface area contributed by atoms with Gasteiger partial charge >= 0.3 is 5.97 Å². The molecule has 3 nitrogen and oxygen atoms in total. The van der Waals surface area contributed by atoms with Crippen LogP contribution in [0.4, 0.5) is 0 Å². The third-order valence-electron chi connectivity index (χ3n) is 6.84. The van der Waals surface area contributed by atoms with E-state index in [9.17, 15) is 9.90 Å². The summed E-state index contributed by atoms with van der Waals surface area (Å²) in [5.74, 6) is 1.25. The minimum atomic E-state index is -0.261. The van der Waals surface area contributed by atoms with E-state index in [2.05, 4.69) is 39.8 Å². The van der Waals surface area contributed by atoms with Gasteiger partial charge in [0, 0.05) is 13.5 Å². The Labute approximate surface area is 151 Å². The highest BCUT2D eigenvalue weighted by atomic mass is 16.5. The van der Waals surface area contributed by atoms with Gasteiger partial charge < -0.3 is 9.84 Å². The molecular weight excluding hydrogens is 312 g/mol. The molecule has 0 radical (unpaired) electrons. The lowest BCUT2D eigenvalue weighted by Crippen LogP contribution is -2.50. The van der Waals surface area contributed by atoms with Crippen molar-refractivity contribution in [2.24, 2.45) is 11.3 Å². The van der Waals surface area contributed by atoms with E-state index in [0.717, 1.165) is 43.4 Å². The molecule has 1 N–H and O–H groups in total. The summed E-state index contributed by atoms with van der Waals surface area (Å²) in [5.41, 5.74) is 3.90. The van der Waals surface area contributed by atoms with Crippen LogP contribution in [0.1, 0.15) is 82.9 Å². The molecule has 1 saturated carbocycles. The molecule has 0 bridgehead atoms. The molecule has 1 aromatic carbocycles. The number of rotatable bonds is 3. The first-order valence-electron chi connectivity index (χ1n) is 9.68. The number of carbonyl (C=O) groups is 1. The van der Waals surface area contributed by atoms with Crippen molar-refractivity contribution < 1.29 is 14.6 Å². The number of aryl methyl sites for hydroxylation is 1. The Kier molecular flexibility index (Phi) is 4.74. The van der Waals surface area contributed by atoms with E-state index in [1.54, 1.807) is 0 Å². The predicted octanol–water partition coefficient (Wildman–Crippen LogP) is 4.74. The maximum absolute atomic E-state index is 11.6. The van der Waals surface area contributed by atoms with Crippen LogP contribution >= 0.6 is 0 Å². The van der Waals surface area contributed by atoms with Gasteiger partial charge in [-0.2, -0.15) is 0 Å². The van der Waals surface area contributed by atoms with Crippen LogP contribution in [-0.2, 0) is 16.6 Å². The van der Waals surface area contributed by atoms with E-state index >= 15 is 0 Å². The van der Waals surface area contributed by atoms with Crippen molar-refractivity contribution in [3.05, 3.63) is 28.8 Å². The monoisotopic (exact) mass is 344 g/mol. The van der Waals surface area contributed by atoms with Gasteiger partial charge in [0.25, 0.3) is 0 Å². The zero-order chi connectivity index (χ0) is 18.4. The van der Waals surface area contributed by atoms with Crippen molar-refractivity contribution in [3.63, 3.8) is 0 Å². The minimum absolute atomic E-state index is 0.0109. The summed E-state index contributed by atoms with van der Waals surface area (Å²) in [6, 6.07) is 4.41. The molecule has 1 fully saturated rings. The number of hydrogen-bond acceptors (Lipinski definition) is 3. The average molecular weight is 344 g/mol. The van der Waals surface area contributed by atoms with E-state index < -0.39 is 0 Å². The molecule has 2 aliphatic rings. The number of ether oxygens (including phenoxy) is 1. The molecule has 138 valence electrons. The topological polar surface area (TPSA) is 46.5 Å². The highest BCUT2D eigenvalue weighted by molar-refractivity contribution is 5.70. The molecule has 0 spiro atoms. The third kappa shape index (κ3) is 3.01. The molecular formula is C22H32O3. The summed E-state index contributed by atoms with van der Waals surface area (Å²) in [6.45, 7) is 10.6. The van der Waals surface area contributed by atoms with E-state index in [1.165, 1.54) is 18.1 Å². The van der Waals surface area contributed by atoms with Gasteiger partial charge in [0.05, 0.1) is 0 Å². The number of aliphatic hydroxyl groups is 1. The normalized spacial score (nSPS) is 31.4. The summed E-state index contributed by atoms with van der Waals surface area (Å²) in [4.78, 5) is 11.6. The van der Waals surface area contributed by atoms with Gasteiger partial charge in [-0.1, -0.05) is 40.2 Å². The molecule has 2 aliphatic carbocycles. The standard InChI is InChI=1S/C22H32O3/c1-14(2)17-11-16-7-8-20-21(4,13-23)9-6-10-22(20,5)18(16)12-19(17)25-15(3)24/h11-12,14,20,23H,6-10,13H2,1-5H3/t20-,21-,22+/m0/s1. The van der Waals surface area contributed by atoms with E-state index in [4.69, 9.17) is 4.74 Å². The van der Waals surface area contributed by atoms with Crippen molar-refractivity contribution in [1.82, 2.24) is 0 Å². The summed E-state index contributed by atoms with van der Waals surface area (Å²) in [5, 5.41) is 10.1. The van der Waals surface area contributed by atoms with Gasteiger partial charge in [-0.05, 0) is 71.1 Å². The van der Waals surface area contributed by atoms with Gasteiger partial charge in [-0.15, -0.1) is 0 Å². The molecule has 25 heavy (non-hydrogen) atoms. The fourth-order valence-electron chi connectivity index (χ4n) is 5.53. The first kappa shape index (κ1) is 18.4. The van der Waals surface area contributed by atoms with Crippen LogP contribution in [0.3, 0.4) is 0 Å². The minimum Gasteiger partial charge on any atom is -0.426 e. The quantitative estimate of drug-likeness (QED) is 0.636. The fourth-order valence-corrected chi connectivity index (χ4v) is 5.53. The van der Waals surface area contributed by atoms with E-state index in [1.807, 2.05) is 0 Å². The predicted molar refractivity (Wildman–Crippen MR) is 100 cm³/mol. The van der Waals surface area contributed by atoms with Crippen LogP contribution in [0, 0.1) is 11.3 Å². The van der Waals surface area contributed by atoms with Crippen LogP contribution in [-0.4, -0.2) is 17.7 Å². The summed E-state index contributed by atoms with van der Waals surface area (Å²) < 4.78 is 5.59. The Bertz CT molecular complexity index is 678. The molecule has 3 atom stereocenters. The zero-order valence-corrected chi connectivity index (χ0v) is 16.3. The Morgan fingerprint density at radius 3 is 2.64 bits per heavy atom. The number of benzene rings is 1. The smallest absolute Gasteiger partial charge is 0.308 e. The van der Waals surface area contributed by atoms with Gasteiger partial charge in [0.1, 0.15) is 5.75 Å². The number of fused-ring (bicyclic) bond motifs is 3. The molecule has 0 aliphatic heterocycles. The van der Waals surface area contributed by atoms with Crippen molar-refractivity contribution in [2.45, 2.75) is 78.1 Å². The van der Waals surface area contributed by atoms with Crippen LogP contribution in [0.15, 0.2) is 12.1 Å². The molecule has 0 saturated heterocycles. The Balaban J connectivity index is 2.13. The van der Waals surface area contributed by atoms with Crippen LogP contribution < -0.4 is 4.74 Å². The lowest BCUT2D eigenvalue weighted by atomic mass is 9.50. The molecule has 0 unspecified atom stereocenters. The number of aliphatic hydroxyl groups excluding tert-OH is 1. The van der Waals surface area contributed by atoms with Crippen LogP contribution in [0.5, 0.6) is 5.75 Å². The third-order valence-corrected chi connectivity index (χ3v) is 6.84. The Hall–Kier alpha value is -1.35. The van der Waals surface area contributed by atoms with Crippen molar-refractivity contribution >= 4 is 5.97 Å². The second-order valence-electron chi connectivity index (χ2n) is 8.97. The first-order valence-corrected chi connectivity index (χ1v) is 9.68. The van der Waals surface area contributed by atoms with E-state index in [-0.39, 0.29) is 23.4 Å². The van der Waals surface area contributed by atoms with E-state index in [0.29, 0.717) is 11.8 Å². The number of hydrogen-bond donors (Lipinski definition) is 1. The summed E-state index contributed by atoms with van der Waals surface area (Å²) in [7, 11) is 0. The molecule has 3 rings (SSSR count). The summed E-state index contributed by atoms with van der Waals surface area (Å²) in [6.07, 6.45) is 5.55. The van der Waals surface area contributed by atoms with Gasteiger partial charge in [0.2, 0.25) is 0 Å². The number of esters is 1. The zero-order valence-electron chi connectivity index (χ0n) is 16.3. The van der Waals surface area contributed by atoms with Gasteiger partial charge in [-0.25, -0.2) is 0 Å². The molecule has 3 heteroatoms. The molecule has 1 aromatic rings. The Morgan fingerprint density at radius 1 is 1.32 bits per heavy atom. The highest BCUT2D eigenvalue weighted by Crippen LogP contribution is 2.57. The second-order valence-corrected chi connectivity index (χ2v) is 8.97. The molecule has 0 heterocycles. The second kappa shape index (κ2) is 6.42. The van der Waals surface area contributed by atoms with Gasteiger partial charge in [-0.3, -0.25) is 4.79 Å². The number of carbonyl (C=O) groups excluding carboxylic acids is 1. The highest BCUT2D eigenvalue weighted by Gasteiger charge is 2.51. The van der Waals surface area contributed by atoms with Crippen LogP contribution in [0.2, 0.25) is 0 Å². The lowest BCUT2D eigenvalue weighted by molar-refractivity contribution is -0.131. The maximum Gasteiger partial charge on any atom is 0.308 e. The molecule has 0 amide bonds. The first-order chi connectivity index (χ1) is 11.7. The summed E-state index contributed by atoms with van der Waals surface area (Å²) >= 11 is 0. The Morgan fingerprint density at radius 2 is 2.04 bits per heavy atom. The maximum atomic E-state index is 11.6. The average Bonchev–Trinajstić information content (AvgIpc) is 2.54. The van der Waals surface area contributed by atoms with Crippen molar-refractivity contribution in [3.8, 4) is 5.75 Å². The van der Waals surface area contributed by atoms with Gasteiger partial charge in [0.15, 0.2) is 0 Å². The fraction of sp³-hybridized carbons (Fsp3) is 0.682. The lowest BCUT2D eigenvalue weighted by Gasteiger charge is -2.55. The van der Waals surface area contributed by atoms with Crippen molar-refractivity contribution in [2.75, 3.05) is 6.61 Å².